The molecule has 0 radical (unpaired) electrons. The molecule has 190 valence electrons. The summed E-state index contributed by atoms with van der Waals surface area (Å²) < 4.78 is 6.53. The van der Waals surface area contributed by atoms with Crippen LogP contribution >= 0.6 is 0 Å². The highest BCUT2D eigenvalue weighted by atomic mass is 16.4. The molecule has 6 rings (SSSR count). The molecule has 1 aliphatic carbocycles. The van der Waals surface area contributed by atoms with Crippen LogP contribution < -0.4 is 16.4 Å². The number of carbonyl (C=O) groups excluding carboxylic acids is 2. The van der Waals surface area contributed by atoms with Crippen LogP contribution in [0, 0.1) is 0 Å². The van der Waals surface area contributed by atoms with E-state index in [4.69, 9.17) is 4.42 Å². The second-order valence-electron chi connectivity index (χ2n) is 9.01. The van der Waals surface area contributed by atoms with E-state index in [1.165, 1.54) is 23.3 Å². The number of H-pyrrole nitrogens is 1. The van der Waals surface area contributed by atoms with Crippen LogP contribution in [0.4, 0.5) is 0 Å². The monoisotopic (exact) mass is 510 g/mol. The zero-order valence-electron chi connectivity index (χ0n) is 20.3. The number of oxazole rings is 1. The maximum atomic E-state index is 13.0. The molecule has 2 amide bonds. The van der Waals surface area contributed by atoms with E-state index in [9.17, 15) is 14.4 Å². The van der Waals surface area contributed by atoms with Gasteiger partial charge in [0.15, 0.2) is 11.4 Å². The average molecular weight is 511 g/mol. The highest BCUT2D eigenvalue weighted by Crippen LogP contribution is 2.33. The van der Waals surface area contributed by atoms with E-state index in [0.29, 0.717) is 16.9 Å². The van der Waals surface area contributed by atoms with E-state index in [2.05, 4.69) is 41.8 Å². The lowest BCUT2D eigenvalue weighted by Crippen LogP contribution is -2.29. The standard InChI is InChI=1S/C26H22N8O4/c1-34-21-8-14(2-7-22(21)38-26(34)37)11-27-24(35)19-10-20(29-12-28-19)25(36)32-18-6-4-15-9-16(3-5-17(15)18)23-30-13-31-33-23/h2-3,5,7-10,12-13,18H,4,6,11H2,1H3,(H,27,35)(H,32,36)(H,30,31,33)/t18-/m0/s1. The molecule has 0 fully saturated rings. The number of rotatable bonds is 6. The molecule has 12 nitrogen and oxygen atoms in total. The normalized spacial score (nSPS) is 14.4. The summed E-state index contributed by atoms with van der Waals surface area (Å²) in [5.74, 6) is -0.594. The lowest BCUT2D eigenvalue weighted by Gasteiger charge is -2.14. The molecule has 0 unspecified atom stereocenters. The minimum absolute atomic E-state index is 0.0745. The molecule has 3 N–H and O–H groups in total. The number of benzene rings is 2. The summed E-state index contributed by atoms with van der Waals surface area (Å²) in [6.07, 6.45) is 4.24. The Balaban J connectivity index is 1.12. The van der Waals surface area contributed by atoms with Gasteiger partial charge in [0.25, 0.3) is 11.8 Å². The number of aromatic nitrogens is 6. The van der Waals surface area contributed by atoms with Gasteiger partial charge in [-0.15, -0.1) is 0 Å². The summed E-state index contributed by atoms with van der Waals surface area (Å²) in [5, 5.41) is 12.6. The predicted molar refractivity (Wildman–Crippen MR) is 135 cm³/mol. The van der Waals surface area contributed by atoms with Crippen LogP contribution in [0.2, 0.25) is 0 Å². The highest BCUT2D eigenvalue weighted by molar-refractivity contribution is 5.97. The smallest absolute Gasteiger partial charge is 0.408 e. The van der Waals surface area contributed by atoms with Crippen molar-refractivity contribution in [2.45, 2.75) is 25.4 Å². The van der Waals surface area contributed by atoms with Crippen molar-refractivity contribution in [1.82, 2.24) is 40.3 Å². The second kappa shape index (κ2) is 9.39. The molecule has 3 aromatic heterocycles. The molecule has 0 bridgehead atoms. The van der Waals surface area contributed by atoms with Crippen LogP contribution in [-0.2, 0) is 20.0 Å². The van der Waals surface area contributed by atoms with Gasteiger partial charge in [-0.1, -0.05) is 18.2 Å². The molecule has 0 saturated carbocycles. The van der Waals surface area contributed by atoms with Crippen LogP contribution in [-0.4, -0.2) is 41.5 Å². The number of hydrogen-bond donors (Lipinski definition) is 3. The molecular formula is C26H22N8O4. The van der Waals surface area contributed by atoms with Gasteiger partial charge in [-0.05, 0) is 47.7 Å². The summed E-state index contributed by atoms with van der Waals surface area (Å²) in [7, 11) is 1.62. The number of fused-ring (bicyclic) bond motifs is 2. The Hall–Kier alpha value is -5.13. The Morgan fingerprint density at radius 3 is 2.71 bits per heavy atom. The van der Waals surface area contributed by atoms with E-state index in [1.54, 1.807) is 25.2 Å². The van der Waals surface area contributed by atoms with Crippen molar-refractivity contribution in [1.29, 1.82) is 0 Å². The molecule has 38 heavy (non-hydrogen) atoms. The van der Waals surface area contributed by atoms with Crippen molar-refractivity contribution >= 4 is 22.9 Å². The topological polar surface area (TPSA) is 161 Å². The fourth-order valence-corrected chi connectivity index (χ4v) is 4.65. The van der Waals surface area contributed by atoms with Gasteiger partial charge in [-0.25, -0.2) is 19.7 Å². The molecular weight excluding hydrogens is 488 g/mol. The molecule has 2 aromatic carbocycles. The Labute approximate surface area is 215 Å². The molecule has 12 heteroatoms. The third kappa shape index (κ3) is 4.32. The summed E-state index contributed by atoms with van der Waals surface area (Å²) in [4.78, 5) is 49.7. The summed E-state index contributed by atoms with van der Waals surface area (Å²) in [6.45, 7) is 0.203. The highest BCUT2D eigenvalue weighted by Gasteiger charge is 2.26. The Morgan fingerprint density at radius 2 is 1.89 bits per heavy atom. The van der Waals surface area contributed by atoms with Gasteiger partial charge in [0.05, 0.1) is 11.6 Å². The average Bonchev–Trinajstić information content (AvgIpc) is 3.68. The van der Waals surface area contributed by atoms with Gasteiger partial charge in [0.1, 0.15) is 24.0 Å². The first kappa shape index (κ1) is 23.3. The maximum absolute atomic E-state index is 13.0. The minimum atomic E-state index is -0.453. The first-order valence-corrected chi connectivity index (χ1v) is 11.9. The number of carbonyl (C=O) groups is 2. The largest absolute Gasteiger partial charge is 0.419 e. The van der Waals surface area contributed by atoms with E-state index in [1.807, 2.05) is 12.1 Å². The van der Waals surface area contributed by atoms with Crippen LogP contribution in [0.3, 0.4) is 0 Å². The van der Waals surface area contributed by atoms with Crippen molar-refractivity contribution < 1.29 is 14.0 Å². The molecule has 0 saturated heterocycles. The van der Waals surface area contributed by atoms with Gasteiger partial charge in [0.2, 0.25) is 0 Å². The minimum Gasteiger partial charge on any atom is -0.408 e. The summed E-state index contributed by atoms with van der Waals surface area (Å²) >= 11 is 0. The van der Waals surface area contributed by atoms with E-state index in [-0.39, 0.29) is 29.9 Å². The Kier molecular flexibility index (Phi) is 5.75. The van der Waals surface area contributed by atoms with Crippen LogP contribution in [0.5, 0.6) is 0 Å². The number of amides is 2. The number of aromatic amines is 1. The lowest BCUT2D eigenvalue weighted by molar-refractivity contribution is 0.0931. The SMILES string of the molecule is Cn1c(=O)oc2ccc(CNC(=O)c3cc(C(=O)N[C@H]4CCc5cc(-c6ncn[nH]6)ccc54)ncn3)cc21. The molecule has 0 spiro atoms. The number of hydrogen-bond acceptors (Lipinski definition) is 8. The molecule has 1 aliphatic rings. The summed E-state index contributed by atoms with van der Waals surface area (Å²) in [6, 6.07) is 12.4. The van der Waals surface area contributed by atoms with E-state index in [0.717, 1.165) is 35.1 Å². The van der Waals surface area contributed by atoms with Crippen molar-refractivity contribution in [3.05, 3.63) is 93.7 Å². The molecule has 3 heterocycles. The lowest BCUT2D eigenvalue weighted by atomic mass is 10.0. The van der Waals surface area contributed by atoms with Crippen molar-refractivity contribution in [2.75, 3.05) is 0 Å². The van der Waals surface area contributed by atoms with E-state index < -0.39 is 11.7 Å². The van der Waals surface area contributed by atoms with Crippen molar-refractivity contribution in [2.24, 2.45) is 7.05 Å². The quantitative estimate of drug-likeness (QED) is 0.313. The predicted octanol–water partition coefficient (Wildman–Crippen LogP) is 2.05. The van der Waals surface area contributed by atoms with Gasteiger partial charge in [-0.3, -0.25) is 19.3 Å². The fourth-order valence-electron chi connectivity index (χ4n) is 4.65. The first-order valence-electron chi connectivity index (χ1n) is 11.9. The number of aryl methyl sites for hydroxylation is 2. The third-order valence-corrected chi connectivity index (χ3v) is 6.66. The Bertz CT molecular complexity index is 1740. The Morgan fingerprint density at radius 1 is 1.05 bits per heavy atom. The second-order valence-corrected chi connectivity index (χ2v) is 9.01. The van der Waals surface area contributed by atoms with Crippen LogP contribution in [0.15, 0.2) is 64.3 Å². The van der Waals surface area contributed by atoms with Crippen molar-refractivity contribution in [3.63, 3.8) is 0 Å². The summed E-state index contributed by atoms with van der Waals surface area (Å²) in [5.41, 5.74) is 5.18. The molecule has 0 aliphatic heterocycles. The van der Waals surface area contributed by atoms with E-state index >= 15 is 0 Å². The van der Waals surface area contributed by atoms with Gasteiger partial charge >= 0.3 is 5.76 Å². The molecule has 5 aromatic rings. The van der Waals surface area contributed by atoms with Crippen LogP contribution in [0.1, 0.15) is 50.1 Å². The fraction of sp³-hybridized carbons (Fsp3) is 0.192. The first-order chi connectivity index (χ1) is 18.5. The van der Waals surface area contributed by atoms with Gasteiger partial charge in [0, 0.05) is 25.2 Å². The van der Waals surface area contributed by atoms with Gasteiger partial charge in [-0.2, -0.15) is 5.10 Å². The van der Waals surface area contributed by atoms with Gasteiger partial charge < -0.3 is 15.1 Å². The van der Waals surface area contributed by atoms with Crippen LogP contribution in [0.25, 0.3) is 22.5 Å². The third-order valence-electron chi connectivity index (χ3n) is 6.66. The van der Waals surface area contributed by atoms with Crippen molar-refractivity contribution in [3.8, 4) is 11.4 Å². The maximum Gasteiger partial charge on any atom is 0.419 e. The zero-order valence-corrected chi connectivity index (χ0v) is 20.3. The number of nitrogens with zero attached hydrogens (tertiary/aromatic N) is 5. The number of nitrogens with one attached hydrogen (secondary N) is 3. The zero-order chi connectivity index (χ0) is 26.2. The molecule has 1 atom stereocenters.